The molecule has 1 aliphatic heterocycles. The number of nitrogens with zero attached hydrogens (tertiary/aromatic N) is 3. The van der Waals surface area contributed by atoms with Gasteiger partial charge in [-0.05, 0) is 63.5 Å². The molecule has 0 bridgehead atoms. The fourth-order valence-electron chi connectivity index (χ4n) is 4.11. The van der Waals surface area contributed by atoms with Crippen LogP contribution in [0, 0.1) is 18.8 Å². The summed E-state index contributed by atoms with van der Waals surface area (Å²) < 4.78 is 8.23. The number of hydrogen-bond acceptors (Lipinski definition) is 3. The highest BCUT2D eigenvalue weighted by Gasteiger charge is 2.29. The van der Waals surface area contributed by atoms with Gasteiger partial charge in [-0.3, -0.25) is 4.79 Å². The van der Waals surface area contributed by atoms with Gasteiger partial charge >= 0.3 is 0 Å². The van der Waals surface area contributed by atoms with Gasteiger partial charge in [0.25, 0.3) is 5.91 Å². The Morgan fingerprint density at radius 1 is 1.14 bits per heavy atom. The molecule has 0 radical (unpaired) electrons. The minimum absolute atomic E-state index is 0.0911. The van der Waals surface area contributed by atoms with Crippen molar-refractivity contribution in [3.8, 4) is 5.75 Å². The van der Waals surface area contributed by atoms with E-state index in [1.807, 2.05) is 48.4 Å². The molecular formula is C23H31N3O2. The molecule has 1 aromatic heterocycles. The standard InChI is InChI=1S/C23H31N3O2/c1-17-15-24-22(26(17)16-20-8-9-20)14-19-10-12-25(13-11-19)23(27)18(2)28-21-6-4-3-5-7-21/h3-7,15,18-20H,8-14,16H2,1-2H3. The second kappa shape index (κ2) is 8.38. The topological polar surface area (TPSA) is 47.4 Å². The predicted octanol–water partition coefficient (Wildman–Crippen LogP) is 3.85. The number of benzene rings is 1. The van der Waals surface area contributed by atoms with Gasteiger partial charge in [0.15, 0.2) is 6.10 Å². The number of ether oxygens (including phenoxy) is 1. The number of amides is 1. The lowest BCUT2D eigenvalue weighted by atomic mass is 9.93. The molecule has 1 aromatic carbocycles. The second-order valence-electron chi connectivity index (χ2n) is 8.42. The van der Waals surface area contributed by atoms with Gasteiger partial charge in [0, 0.05) is 37.9 Å². The highest BCUT2D eigenvalue weighted by Crippen LogP contribution is 2.32. The van der Waals surface area contributed by atoms with Crippen molar-refractivity contribution in [3.05, 3.63) is 48.0 Å². The first kappa shape index (κ1) is 19.0. The summed E-state index contributed by atoms with van der Waals surface area (Å²) in [7, 11) is 0. The SMILES string of the molecule is Cc1cnc(CC2CCN(C(=O)C(C)Oc3ccccc3)CC2)n1CC1CC1. The molecule has 1 atom stereocenters. The molecule has 1 unspecified atom stereocenters. The van der Waals surface area contributed by atoms with E-state index in [0.29, 0.717) is 5.92 Å². The molecule has 0 N–H and O–H groups in total. The summed E-state index contributed by atoms with van der Waals surface area (Å²) in [6.07, 6.45) is 7.40. The number of carbonyl (C=O) groups is 1. The highest BCUT2D eigenvalue weighted by atomic mass is 16.5. The first-order chi connectivity index (χ1) is 13.6. The van der Waals surface area contributed by atoms with Gasteiger partial charge in [-0.15, -0.1) is 0 Å². The van der Waals surface area contributed by atoms with Crippen LogP contribution in [-0.4, -0.2) is 39.6 Å². The fourth-order valence-corrected chi connectivity index (χ4v) is 4.11. The lowest BCUT2D eigenvalue weighted by molar-refractivity contribution is -0.139. The van der Waals surface area contributed by atoms with E-state index < -0.39 is 6.10 Å². The monoisotopic (exact) mass is 381 g/mol. The number of aryl methyl sites for hydroxylation is 1. The van der Waals surface area contributed by atoms with Gasteiger partial charge in [0.05, 0.1) is 0 Å². The third kappa shape index (κ3) is 4.57. The largest absolute Gasteiger partial charge is 0.481 e. The Bertz CT molecular complexity index is 789. The van der Waals surface area contributed by atoms with Crippen LogP contribution >= 0.6 is 0 Å². The zero-order valence-corrected chi connectivity index (χ0v) is 17.0. The van der Waals surface area contributed by atoms with Crippen molar-refractivity contribution in [2.45, 2.75) is 58.6 Å². The van der Waals surface area contributed by atoms with Gasteiger partial charge in [0.2, 0.25) is 0 Å². The molecule has 5 nitrogen and oxygen atoms in total. The lowest BCUT2D eigenvalue weighted by Gasteiger charge is -2.33. The van der Waals surface area contributed by atoms with Crippen molar-refractivity contribution in [1.29, 1.82) is 0 Å². The molecule has 4 rings (SSSR count). The van der Waals surface area contributed by atoms with Crippen LogP contribution in [0.1, 0.15) is 44.1 Å². The minimum Gasteiger partial charge on any atom is -0.481 e. The maximum absolute atomic E-state index is 12.7. The van der Waals surface area contributed by atoms with E-state index in [1.54, 1.807) is 0 Å². The predicted molar refractivity (Wildman–Crippen MR) is 109 cm³/mol. The third-order valence-electron chi connectivity index (χ3n) is 6.08. The molecule has 28 heavy (non-hydrogen) atoms. The van der Waals surface area contributed by atoms with Crippen molar-refractivity contribution in [2.24, 2.45) is 11.8 Å². The number of carbonyl (C=O) groups excluding carboxylic acids is 1. The molecule has 0 spiro atoms. The number of piperidine rings is 1. The molecule has 2 aromatic rings. The van der Waals surface area contributed by atoms with Crippen LogP contribution in [0.5, 0.6) is 5.75 Å². The van der Waals surface area contributed by atoms with E-state index in [-0.39, 0.29) is 5.91 Å². The summed E-state index contributed by atoms with van der Waals surface area (Å²) in [4.78, 5) is 19.4. The van der Waals surface area contributed by atoms with E-state index in [4.69, 9.17) is 4.74 Å². The molecule has 1 saturated carbocycles. The van der Waals surface area contributed by atoms with Crippen LogP contribution in [0.3, 0.4) is 0 Å². The number of imidazole rings is 1. The molecule has 5 heteroatoms. The summed E-state index contributed by atoms with van der Waals surface area (Å²) in [6, 6.07) is 9.57. The number of para-hydroxylation sites is 1. The lowest BCUT2D eigenvalue weighted by Crippen LogP contribution is -2.45. The van der Waals surface area contributed by atoms with E-state index in [2.05, 4.69) is 16.5 Å². The van der Waals surface area contributed by atoms with E-state index in [9.17, 15) is 4.79 Å². The quantitative estimate of drug-likeness (QED) is 0.732. The number of aromatic nitrogens is 2. The van der Waals surface area contributed by atoms with E-state index in [1.165, 1.54) is 24.4 Å². The normalized spacial score (nSPS) is 18.9. The van der Waals surface area contributed by atoms with Gasteiger partial charge < -0.3 is 14.2 Å². The first-order valence-electron chi connectivity index (χ1n) is 10.6. The zero-order valence-electron chi connectivity index (χ0n) is 17.0. The van der Waals surface area contributed by atoms with Crippen LogP contribution in [-0.2, 0) is 17.8 Å². The van der Waals surface area contributed by atoms with Crippen LogP contribution in [0.15, 0.2) is 36.5 Å². The van der Waals surface area contributed by atoms with Crippen LogP contribution in [0.25, 0.3) is 0 Å². The van der Waals surface area contributed by atoms with E-state index >= 15 is 0 Å². The summed E-state index contributed by atoms with van der Waals surface area (Å²) >= 11 is 0. The van der Waals surface area contributed by atoms with Crippen molar-refractivity contribution < 1.29 is 9.53 Å². The zero-order chi connectivity index (χ0) is 19.5. The molecule has 1 amide bonds. The molecule has 2 heterocycles. The third-order valence-corrected chi connectivity index (χ3v) is 6.08. The van der Waals surface area contributed by atoms with Gasteiger partial charge in [0.1, 0.15) is 11.6 Å². The maximum Gasteiger partial charge on any atom is 0.263 e. The first-order valence-corrected chi connectivity index (χ1v) is 10.6. The summed E-state index contributed by atoms with van der Waals surface area (Å²) in [5.74, 6) is 3.53. The maximum atomic E-state index is 12.7. The summed E-state index contributed by atoms with van der Waals surface area (Å²) in [6.45, 7) is 6.77. The van der Waals surface area contributed by atoms with Crippen LogP contribution in [0.4, 0.5) is 0 Å². The number of likely N-dealkylation sites (tertiary alicyclic amines) is 1. The number of hydrogen-bond donors (Lipinski definition) is 0. The molecule has 150 valence electrons. The molecule has 1 saturated heterocycles. The van der Waals surface area contributed by atoms with Gasteiger partial charge in [-0.1, -0.05) is 18.2 Å². The Labute approximate surface area is 167 Å². The molecule has 2 fully saturated rings. The Balaban J connectivity index is 1.28. The second-order valence-corrected chi connectivity index (χ2v) is 8.42. The smallest absolute Gasteiger partial charge is 0.263 e. The molecule has 1 aliphatic carbocycles. The van der Waals surface area contributed by atoms with Crippen LogP contribution < -0.4 is 4.74 Å². The Morgan fingerprint density at radius 2 is 1.86 bits per heavy atom. The Kier molecular flexibility index (Phi) is 5.69. The number of rotatable bonds is 7. The Morgan fingerprint density at radius 3 is 2.54 bits per heavy atom. The van der Waals surface area contributed by atoms with Crippen molar-refractivity contribution in [3.63, 3.8) is 0 Å². The van der Waals surface area contributed by atoms with Gasteiger partial charge in [-0.2, -0.15) is 0 Å². The van der Waals surface area contributed by atoms with Crippen molar-refractivity contribution in [2.75, 3.05) is 13.1 Å². The summed E-state index contributed by atoms with van der Waals surface area (Å²) in [5.41, 5.74) is 1.28. The van der Waals surface area contributed by atoms with Crippen molar-refractivity contribution >= 4 is 5.91 Å². The summed E-state index contributed by atoms with van der Waals surface area (Å²) in [5, 5.41) is 0. The Hall–Kier alpha value is -2.30. The van der Waals surface area contributed by atoms with Crippen molar-refractivity contribution in [1.82, 2.24) is 14.5 Å². The molecular weight excluding hydrogens is 350 g/mol. The minimum atomic E-state index is -0.445. The average Bonchev–Trinajstić information content (AvgIpc) is 3.48. The molecule has 2 aliphatic rings. The highest BCUT2D eigenvalue weighted by molar-refractivity contribution is 5.81. The van der Waals surface area contributed by atoms with Crippen LogP contribution in [0.2, 0.25) is 0 Å². The average molecular weight is 382 g/mol. The fraction of sp³-hybridized carbons (Fsp3) is 0.565. The van der Waals surface area contributed by atoms with E-state index in [0.717, 1.165) is 50.6 Å². The van der Waals surface area contributed by atoms with Gasteiger partial charge in [-0.25, -0.2) is 4.98 Å².